The molecular weight excluding hydrogens is 232 g/mol. The van der Waals surface area contributed by atoms with Crippen molar-refractivity contribution in [3.8, 4) is 0 Å². The fourth-order valence-electron chi connectivity index (χ4n) is 1.39. The number of benzene rings is 1. The van der Waals surface area contributed by atoms with E-state index in [4.69, 9.17) is 11.1 Å². The number of aryl methyl sites for hydroxylation is 1. The van der Waals surface area contributed by atoms with Crippen molar-refractivity contribution in [2.24, 2.45) is 5.73 Å². The molecule has 5 heteroatoms. The van der Waals surface area contributed by atoms with E-state index >= 15 is 0 Å². The van der Waals surface area contributed by atoms with Gasteiger partial charge in [-0.3, -0.25) is 10.4 Å². The van der Waals surface area contributed by atoms with E-state index in [-0.39, 0.29) is 5.84 Å². The minimum atomic E-state index is 0.0661. The number of nitrogen functional groups attached to an aromatic ring is 1. The number of aromatic nitrogens is 2. The molecule has 4 nitrogen and oxygen atoms in total. The second-order valence-electron chi connectivity index (χ2n) is 3.56. The highest BCUT2D eigenvalue weighted by Crippen LogP contribution is 2.29. The summed E-state index contributed by atoms with van der Waals surface area (Å²) in [5, 5.41) is 8.33. The molecule has 0 spiro atoms. The number of nitrogens with two attached hydrogens (primary N) is 1. The zero-order valence-electron chi connectivity index (χ0n) is 9.34. The molecule has 1 aromatic carbocycles. The summed E-state index contributed by atoms with van der Waals surface area (Å²) in [5.74, 6) is 0.0661. The van der Waals surface area contributed by atoms with Crippen LogP contribution >= 0.6 is 11.8 Å². The molecular formula is C12H12N4S. The van der Waals surface area contributed by atoms with Crippen LogP contribution in [0.4, 0.5) is 0 Å². The van der Waals surface area contributed by atoms with E-state index in [2.05, 4.69) is 9.97 Å². The predicted molar refractivity (Wildman–Crippen MR) is 68.4 cm³/mol. The van der Waals surface area contributed by atoms with E-state index < -0.39 is 0 Å². The van der Waals surface area contributed by atoms with Crippen LogP contribution in [0, 0.1) is 12.3 Å². The van der Waals surface area contributed by atoms with Gasteiger partial charge in [0.05, 0.1) is 6.20 Å². The van der Waals surface area contributed by atoms with Crippen LogP contribution in [-0.4, -0.2) is 15.8 Å². The summed E-state index contributed by atoms with van der Waals surface area (Å²) in [5.41, 5.74) is 7.41. The Bertz CT molecular complexity index is 539. The first-order valence-corrected chi connectivity index (χ1v) is 5.87. The van der Waals surface area contributed by atoms with Gasteiger partial charge < -0.3 is 5.73 Å². The average molecular weight is 244 g/mol. The molecule has 0 fully saturated rings. The molecule has 3 N–H and O–H groups in total. The number of nitrogens with zero attached hydrogens (tertiary/aromatic N) is 2. The van der Waals surface area contributed by atoms with Crippen molar-refractivity contribution in [2.45, 2.75) is 16.8 Å². The van der Waals surface area contributed by atoms with Crippen LogP contribution in [0.25, 0.3) is 0 Å². The van der Waals surface area contributed by atoms with Crippen molar-refractivity contribution in [1.82, 2.24) is 9.97 Å². The Morgan fingerprint density at radius 1 is 1.35 bits per heavy atom. The zero-order valence-corrected chi connectivity index (χ0v) is 10.2. The summed E-state index contributed by atoms with van der Waals surface area (Å²) in [4.78, 5) is 9.13. The molecule has 0 aliphatic rings. The first-order chi connectivity index (χ1) is 8.16. The van der Waals surface area contributed by atoms with E-state index in [1.165, 1.54) is 11.8 Å². The second kappa shape index (κ2) is 4.97. The summed E-state index contributed by atoms with van der Waals surface area (Å²) in [6.45, 7) is 2.00. The second-order valence-corrected chi connectivity index (χ2v) is 4.62. The molecule has 0 saturated carbocycles. The maximum absolute atomic E-state index is 7.54. The molecule has 0 saturated heterocycles. The third-order valence-corrected chi connectivity index (χ3v) is 3.16. The maximum atomic E-state index is 7.54. The number of hydrogen-bond acceptors (Lipinski definition) is 4. The molecule has 0 bridgehead atoms. The maximum Gasteiger partial charge on any atom is 0.123 e. The lowest BCUT2D eigenvalue weighted by atomic mass is 10.1. The summed E-state index contributed by atoms with van der Waals surface area (Å²) in [6.07, 6.45) is 4.97. The Labute approximate surface area is 104 Å². The Hall–Kier alpha value is -1.88. The van der Waals surface area contributed by atoms with Gasteiger partial charge in [0, 0.05) is 22.9 Å². The van der Waals surface area contributed by atoms with Crippen LogP contribution in [0.2, 0.25) is 0 Å². The lowest BCUT2D eigenvalue weighted by Gasteiger charge is -2.08. The monoisotopic (exact) mass is 244 g/mol. The van der Waals surface area contributed by atoms with Gasteiger partial charge in [0.2, 0.25) is 0 Å². The average Bonchev–Trinajstić information content (AvgIpc) is 2.30. The predicted octanol–water partition coefficient (Wildman–Crippen LogP) is 2.22. The molecule has 0 atom stereocenters. The number of amidine groups is 1. The Morgan fingerprint density at radius 3 is 2.82 bits per heavy atom. The van der Waals surface area contributed by atoms with Crippen molar-refractivity contribution in [3.63, 3.8) is 0 Å². The normalized spacial score (nSPS) is 10.2. The van der Waals surface area contributed by atoms with Gasteiger partial charge in [-0.2, -0.15) is 0 Å². The first-order valence-electron chi connectivity index (χ1n) is 5.06. The van der Waals surface area contributed by atoms with Crippen molar-refractivity contribution in [2.75, 3.05) is 0 Å². The van der Waals surface area contributed by atoms with Gasteiger partial charge in [0.15, 0.2) is 0 Å². The van der Waals surface area contributed by atoms with Crippen LogP contribution < -0.4 is 5.73 Å². The van der Waals surface area contributed by atoms with Crippen molar-refractivity contribution < 1.29 is 0 Å². The highest BCUT2D eigenvalue weighted by Gasteiger charge is 2.08. The standard InChI is InChI=1S/C12H12N4S/c1-8-2-3-9(12(13)14)10(6-8)17-11-7-15-4-5-16-11/h2-7H,1H3,(H3,13,14). The molecule has 2 aromatic rings. The van der Waals surface area contributed by atoms with Crippen LogP contribution in [0.3, 0.4) is 0 Å². The van der Waals surface area contributed by atoms with Crippen molar-refractivity contribution in [1.29, 1.82) is 5.41 Å². The van der Waals surface area contributed by atoms with Gasteiger partial charge in [-0.1, -0.05) is 17.8 Å². The number of rotatable bonds is 3. The summed E-state index contributed by atoms with van der Waals surface area (Å²) < 4.78 is 0. The van der Waals surface area contributed by atoms with Crippen LogP contribution in [0.15, 0.2) is 46.7 Å². The fourth-order valence-corrected chi connectivity index (χ4v) is 2.37. The third-order valence-electron chi connectivity index (χ3n) is 2.18. The fraction of sp³-hybridized carbons (Fsp3) is 0.0833. The van der Waals surface area contributed by atoms with E-state index in [0.29, 0.717) is 0 Å². The van der Waals surface area contributed by atoms with E-state index in [9.17, 15) is 0 Å². The molecule has 0 aliphatic heterocycles. The highest BCUT2D eigenvalue weighted by molar-refractivity contribution is 7.99. The number of nitrogens with one attached hydrogen (secondary N) is 1. The molecule has 0 radical (unpaired) electrons. The van der Waals surface area contributed by atoms with Gasteiger partial charge in [-0.15, -0.1) is 0 Å². The van der Waals surface area contributed by atoms with E-state index in [1.807, 2.05) is 25.1 Å². The largest absolute Gasteiger partial charge is 0.384 e. The summed E-state index contributed by atoms with van der Waals surface area (Å²) in [6, 6.07) is 5.80. The molecule has 0 aliphatic carbocycles. The van der Waals surface area contributed by atoms with Gasteiger partial charge in [-0.05, 0) is 24.6 Å². The quantitative estimate of drug-likeness (QED) is 0.641. The summed E-state index contributed by atoms with van der Waals surface area (Å²) >= 11 is 1.46. The van der Waals surface area contributed by atoms with Gasteiger partial charge in [0.25, 0.3) is 0 Å². The van der Waals surface area contributed by atoms with Gasteiger partial charge in [0.1, 0.15) is 10.9 Å². The van der Waals surface area contributed by atoms with Gasteiger partial charge in [-0.25, -0.2) is 4.98 Å². The molecule has 17 heavy (non-hydrogen) atoms. The Balaban J connectivity index is 2.37. The van der Waals surface area contributed by atoms with Crippen LogP contribution in [0.1, 0.15) is 11.1 Å². The summed E-state index contributed by atoms with van der Waals surface area (Å²) in [7, 11) is 0. The first kappa shape index (κ1) is 11.6. The Kier molecular flexibility index (Phi) is 3.39. The minimum absolute atomic E-state index is 0.0661. The van der Waals surface area contributed by atoms with E-state index in [0.717, 1.165) is 21.0 Å². The smallest absolute Gasteiger partial charge is 0.123 e. The lowest BCUT2D eigenvalue weighted by Crippen LogP contribution is -2.12. The third kappa shape index (κ3) is 2.82. The topological polar surface area (TPSA) is 75.7 Å². The minimum Gasteiger partial charge on any atom is -0.384 e. The number of hydrogen-bond donors (Lipinski definition) is 2. The molecule has 0 amide bonds. The molecule has 2 rings (SSSR count). The zero-order chi connectivity index (χ0) is 12.3. The van der Waals surface area contributed by atoms with Gasteiger partial charge >= 0.3 is 0 Å². The molecule has 86 valence electrons. The molecule has 1 aromatic heterocycles. The highest BCUT2D eigenvalue weighted by atomic mass is 32.2. The van der Waals surface area contributed by atoms with Crippen LogP contribution in [-0.2, 0) is 0 Å². The van der Waals surface area contributed by atoms with Crippen molar-refractivity contribution in [3.05, 3.63) is 47.9 Å². The lowest BCUT2D eigenvalue weighted by molar-refractivity contribution is 1.05. The van der Waals surface area contributed by atoms with Crippen molar-refractivity contribution >= 4 is 17.6 Å². The SMILES string of the molecule is Cc1ccc(C(=N)N)c(Sc2cnccn2)c1. The molecule has 0 unspecified atom stereocenters. The van der Waals surface area contributed by atoms with Crippen LogP contribution in [0.5, 0.6) is 0 Å². The molecule has 1 heterocycles. The van der Waals surface area contributed by atoms with E-state index in [1.54, 1.807) is 18.6 Å². The Morgan fingerprint density at radius 2 is 2.18 bits per heavy atom.